The Balaban J connectivity index is 1.62. The van der Waals surface area contributed by atoms with E-state index in [0.717, 1.165) is 16.3 Å². The maximum Gasteiger partial charge on any atom is 0.227 e. The normalized spacial score (nSPS) is 18.4. The molecule has 1 aliphatic rings. The predicted octanol–water partition coefficient (Wildman–Crippen LogP) is 3.95. The van der Waals surface area contributed by atoms with Crippen molar-refractivity contribution in [3.05, 3.63) is 70.6 Å². The van der Waals surface area contributed by atoms with Crippen LogP contribution >= 0.6 is 15.9 Å². The van der Waals surface area contributed by atoms with Gasteiger partial charge in [0.1, 0.15) is 5.76 Å². The zero-order valence-electron chi connectivity index (χ0n) is 15.2. The van der Waals surface area contributed by atoms with E-state index in [9.17, 15) is 13.2 Å². The molecule has 7 heteroatoms. The Morgan fingerprint density at radius 2 is 1.89 bits per heavy atom. The molecular formula is C21H20BrNO4S. The molecule has 0 N–H and O–H groups in total. The second kappa shape index (κ2) is 7.72. The van der Waals surface area contributed by atoms with E-state index in [1.54, 1.807) is 17.0 Å². The predicted molar refractivity (Wildman–Crippen MR) is 112 cm³/mol. The highest BCUT2D eigenvalue weighted by Gasteiger charge is 2.35. The summed E-state index contributed by atoms with van der Waals surface area (Å²) in [6, 6.07) is 17.1. The fourth-order valence-electron chi connectivity index (χ4n) is 3.76. The molecule has 5 nitrogen and oxygen atoms in total. The van der Waals surface area contributed by atoms with Gasteiger partial charge in [0.15, 0.2) is 14.5 Å². The third-order valence-corrected chi connectivity index (χ3v) is 7.32. The first-order chi connectivity index (χ1) is 13.4. The van der Waals surface area contributed by atoms with Crippen LogP contribution in [0.15, 0.2) is 63.7 Å². The zero-order chi connectivity index (χ0) is 19.7. The van der Waals surface area contributed by atoms with Gasteiger partial charge in [-0.15, -0.1) is 0 Å². The Hall–Kier alpha value is -2.12. The third kappa shape index (κ3) is 4.15. The summed E-state index contributed by atoms with van der Waals surface area (Å²) in [6.07, 6.45) is 0.686. The molecule has 1 atom stereocenters. The van der Waals surface area contributed by atoms with Crippen molar-refractivity contribution in [1.82, 2.24) is 4.90 Å². The van der Waals surface area contributed by atoms with Crippen LogP contribution in [-0.4, -0.2) is 36.8 Å². The van der Waals surface area contributed by atoms with Crippen LogP contribution < -0.4 is 0 Å². The van der Waals surface area contributed by atoms with Crippen molar-refractivity contribution in [1.29, 1.82) is 0 Å². The number of amides is 1. The number of carbonyl (C=O) groups is 1. The Bertz CT molecular complexity index is 1120. The minimum Gasteiger partial charge on any atom is -0.452 e. The summed E-state index contributed by atoms with van der Waals surface area (Å²) < 4.78 is 30.1. The summed E-state index contributed by atoms with van der Waals surface area (Å²) in [5, 5.41) is 2.12. The van der Waals surface area contributed by atoms with E-state index in [1.807, 2.05) is 42.5 Å². The van der Waals surface area contributed by atoms with Gasteiger partial charge in [0, 0.05) is 6.04 Å². The molecule has 0 spiro atoms. The number of sulfone groups is 1. The maximum absolute atomic E-state index is 13.2. The second-order valence-corrected chi connectivity index (χ2v) is 10.1. The van der Waals surface area contributed by atoms with E-state index in [-0.39, 0.29) is 36.4 Å². The van der Waals surface area contributed by atoms with Crippen LogP contribution in [0.1, 0.15) is 17.7 Å². The topological polar surface area (TPSA) is 67.6 Å². The van der Waals surface area contributed by atoms with Crippen LogP contribution in [0, 0.1) is 0 Å². The number of carbonyl (C=O) groups excluding carboxylic acids is 1. The lowest BCUT2D eigenvalue weighted by Crippen LogP contribution is -2.41. The molecule has 3 aromatic rings. The number of hydrogen-bond donors (Lipinski definition) is 0. The first kappa shape index (κ1) is 19.2. The summed E-state index contributed by atoms with van der Waals surface area (Å²) in [6.45, 7) is 0.259. The van der Waals surface area contributed by atoms with E-state index in [4.69, 9.17) is 4.42 Å². The average Bonchev–Trinajstić information content (AvgIpc) is 3.24. The molecule has 0 bridgehead atoms. The fraction of sp³-hybridized carbons (Fsp3) is 0.286. The summed E-state index contributed by atoms with van der Waals surface area (Å²) in [5.74, 6) is 0.668. The maximum atomic E-state index is 13.2. The number of fused-ring (bicyclic) bond motifs is 1. The standard InChI is InChI=1S/C21H20BrNO4S/c22-20-9-8-18(27-20)13-23(17-10-11-28(25,26)14-17)21(24)12-16-6-3-5-15-4-1-2-7-19(15)16/h1-9,17H,10-14H2/t17-/m0/s1. The van der Waals surface area contributed by atoms with Crippen molar-refractivity contribution < 1.29 is 17.6 Å². The lowest BCUT2D eigenvalue weighted by molar-refractivity contribution is -0.133. The van der Waals surface area contributed by atoms with Gasteiger partial charge in [-0.05, 0) is 50.8 Å². The summed E-state index contributed by atoms with van der Waals surface area (Å²) in [4.78, 5) is 14.9. The van der Waals surface area contributed by atoms with Gasteiger partial charge < -0.3 is 9.32 Å². The first-order valence-electron chi connectivity index (χ1n) is 9.12. The van der Waals surface area contributed by atoms with Gasteiger partial charge in [0.2, 0.25) is 5.91 Å². The van der Waals surface area contributed by atoms with E-state index in [1.165, 1.54) is 0 Å². The van der Waals surface area contributed by atoms with Crippen LogP contribution in [0.3, 0.4) is 0 Å². The number of nitrogens with zero attached hydrogens (tertiary/aromatic N) is 1. The number of benzene rings is 2. The van der Waals surface area contributed by atoms with Gasteiger partial charge >= 0.3 is 0 Å². The quantitative estimate of drug-likeness (QED) is 0.576. The van der Waals surface area contributed by atoms with Crippen molar-refractivity contribution in [2.75, 3.05) is 11.5 Å². The number of rotatable bonds is 5. The van der Waals surface area contributed by atoms with Crippen LogP contribution in [0.5, 0.6) is 0 Å². The van der Waals surface area contributed by atoms with Gasteiger partial charge in [-0.1, -0.05) is 42.5 Å². The molecule has 28 heavy (non-hydrogen) atoms. The van der Waals surface area contributed by atoms with E-state index < -0.39 is 9.84 Å². The molecule has 1 aromatic heterocycles. The lowest BCUT2D eigenvalue weighted by Gasteiger charge is -2.28. The third-order valence-electron chi connectivity index (χ3n) is 5.15. The van der Waals surface area contributed by atoms with Crippen LogP contribution in [0.2, 0.25) is 0 Å². The van der Waals surface area contributed by atoms with Gasteiger partial charge in [0.05, 0.1) is 24.5 Å². The van der Waals surface area contributed by atoms with Crippen molar-refractivity contribution in [2.45, 2.75) is 25.4 Å². The molecule has 1 fully saturated rings. The molecule has 4 rings (SSSR count). The van der Waals surface area contributed by atoms with E-state index >= 15 is 0 Å². The van der Waals surface area contributed by atoms with E-state index in [2.05, 4.69) is 15.9 Å². The average molecular weight is 462 g/mol. The van der Waals surface area contributed by atoms with Gasteiger partial charge in [-0.25, -0.2) is 8.42 Å². The second-order valence-electron chi connectivity index (χ2n) is 7.10. The Kier molecular flexibility index (Phi) is 5.29. The minimum atomic E-state index is -3.10. The smallest absolute Gasteiger partial charge is 0.227 e. The molecule has 0 radical (unpaired) electrons. The zero-order valence-corrected chi connectivity index (χ0v) is 17.6. The molecule has 0 aliphatic carbocycles. The van der Waals surface area contributed by atoms with Crippen molar-refractivity contribution in [3.63, 3.8) is 0 Å². The molecule has 0 saturated carbocycles. The Labute approximate surface area is 172 Å². The van der Waals surface area contributed by atoms with Crippen LogP contribution in [-0.2, 0) is 27.6 Å². The fourth-order valence-corrected chi connectivity index (χ4v) is 5.83. The van der Waals surface area contributed by atoms with Gasteiger partial charge in [-0.2, -0.15) is 0 Å². The Morgan fingerprint density at radius 3 is 2.61 bits per heavy atom. The molecule has 1 saturated heterocycles. The van der Waals surface area contributed by atoms with Crippen LogP contribution in [0.4, 0.5) is 0 Å². The van der Waals surface area contributed by atoms with E-state index in [0.29, 0.717) is 16.9 Å². The molecule has 1 aliphatic heterocycles. The molecule has 0 unspecified atom stereocenters. The highest BCUT2D eigenvalue weighted by Crippen LogP contribution is 2.25. The SMILES string of the molecule is O=C(Cc1cccc2ccccc12)N(Cc1ccc(Br)o1)[C@H]1CCS(=O)(=O)C1. The number of halogens is 1. The van der Waals surface area contributed by atoms with Crippen molar-refractivity contribution >= 4 is 42.4 Å². The van der Waals surface area contributed by atoms with Gasteiger partial charge in [-0.3, -0.25) is 4.79 Å². The molecule has 2 aromatic carbocycles. The molecule has 1 amide bonds. The van der Waals surface area contributed by atoms with Gasteiger partial charge in [0.25, 0.3) is 0 Å². The molecule has 146 valence electrons. The minimum absolute atomic E-state index is 0.0101. The Morgan fingerprint density at radius 1 is 1.11 bits per heavy atom. The summed E-state index contributed by atoms with van der Waals surface area (Å²) in [7, 11) is -3.10. The molecular weight excluding hydrogens is 442 g/mol. The highest BCUT2D eigenvalue weighted by molar-refractivity contribution is 9.10. The van der Waals surface area contributed by atoms with Crippen LogP contribution in [0.25, 0.3) is 10.8 Å². The number of hydrogen-bond acceptors (Lipinski definition) is 4. The monoisotopic (exact) mass is 461 g/mol. The highest BCUT2D eigenvalue weighted by atomic mass is 79.9. The lowest BCUT2D eigenvalue weighted by atomic mass is 10.0. The number of furan rings is 1. The van der Waals surface area contributed by atoms with Crippen molar-refractivity contribution in [2.24, 2.45) is 0 Å². The first-order valence-corrected chi connectivity index (χ1v) is 11.7. The largest absolute Gasteiger partial charge is 0.452 e. The molecule has 2 heterocycles. The summed E-state index contributed by atoms with van der Waals surface area (Å²) >= 11 is 3.28. The van der Waals surface area contributed by atoms with Crippen molar-refractivity contribution in [3.8, 4) is 0 Å². The summed E-state index contributed by atoms with van der Waals surface area (Å²) in [5.41, 5.74) is 0.939.